The number of aromatic nitrogens is 2. The summed E-state index contributed by atoms with van der Waals surface area (Å²) in [6.07, 6.45) is 3.32. The van der Waals surface area contributed by atoms with Gasteiger partial charge in [0.1, 0.15) is 12.0 Å². The number of furan rings is 1. The zero-order chi connectivity index (χ0) is 14.0. The Kier molecular flexibility index (Phi) is 5.35. The summed E-state index contributed by atoms with van der Waals surface area (Å²) in [4.78, 5) is 12.0. The monoisotopic (exact) mass is 298 g/mol. The van der Waals surface area contributed by atoms with Crippen molar-refractivity contribution in [1.82, 2.24) is 15.1 Å². The quantitative estimate of drug-likeness (QED) is 0.899. The Bertz CT molecular complexity index is 591. The smallest absolute Gasteiger partial charge is 0.255 e. The lowest BCUT2D eigenvalue weighted by molar-refractivity contribution is 0.0939. The molecule has 0 fully saturated rings. The zero-order valence-electron chi connectivity index (χ0n) is 11.7. The van der Waals surface area contributed by atoms with Crippen LogP contribution in [0.25, 0.3) is 0 Å². The number of rotatable bonds is 4. The Balaban J connectivity index is 0.00000200. The van der Waals surface area contributed by atoms with Gasteiger partial charge in [0.2, 0.25) is 0 Å². The molecular formula is C13H19ClN4O2. The topological polar surface area (TPSA) is 86.1 Å². The van der Waals surface area contributed by atoms with Gasteiger partial charge in [0.05, 0.1) is 23.8 Å². The number of nitrogens with zero attached hydrogens (tertiary/aromatic N) is 2. The molecule has 0 saturated heterocycles. The standard InChI is InChI=1S/C13H18N4O2.ClH/c1-8(12-6-17(3)16-9(12)2)15-13(18)10-4-11(5-14)19-7-10;/h4,6-8H,5,14H2,1-3H3,(H,15,18);1H. The Morgan fingerprint density at radius 3 is 2.80 bits per heavy atom. The number of halogens is 1. The predicted molar refractivity (Wildman–Crippen MR) is 77.7 cm³/mol. The normalized spacial score (nSPS) is 11.8. The summed E-state index contributed by atoms with van der Waals surface area (Å²) in [7, 11) is 1.86. The SMILES string of the molecule is Cc1nn(C)cc1C(C)NC(=O)c1coc(CN)c1.Cl. The lowest BCUT2D eigenvalue weighted by atomic mass is 10.1. The van der Waals surface area contributed by atoms with E-state index in [1.54, 1.807) is 10.7 Å². The summed E-state index contributed by atoms with van der Waals surface area (Å²) in [6.45, 7) is 4.12. The minimum Gasteiger partial charge on any atom is -0.467 e. The maximum atomic E-state index is 12.0. The van der Waals surface area contributed by atoms with E-state index in [0.717, 1.165) is 11.3 Å². The molecule has 2 aromatic heterocycles. The molecule has 0 radical (unpaired) electrons. The molecule has 0 bridgehead atoms. The van der Waals surface area contributed by atoms with Crippen molar-refractivity contribution in [1.29, 1.82) is 0 Å². The van der Waals surface area contributed by atoms with E-state index in [1.165, 1.54) is 6.26 Å². The highest BCUT2D eigenvalue weighted by Crippen LogP contribution is 2.16. The van der Waals surface area contributed by atoms with Crippen molar-refractivity contribution in [2.24, 2.45) is 12.8 Å². The number of nitrogens with one attached hydrogen (secondary N) is 1. The molecule has 0 spiro atoms. The summed E-state index contributed by atoms with van der Waals surface area (Å²) < 4.78 is 6.88. The first-order chi connectivity index (χ1) is 9.01. The number of carbonyl (C=O) groups is 1. The van der Waals surface area contributed by atoms with E-state index in [4.69, 9.17) is 10.2 Å². The largest absolute Gasteiger partial charge is 0.467 e. The first-order valence-corrected chi connectivity index (χ1v) is 6.09. The first kappa shape index (κ1) is 16.3. The summed E-state index contributed by atoms with van der Waals surface area (Å²) in [5, 5.41) is 7.17. The van der Waals surface area contributed by atoms with E-state index < -0.39 is 0 Å². The molecule has 0 saturated carbocycles. The average Bonchev–Trinajstić information content (AvgIpc) is 2.95. The van der Waals surface area contributed by atoms with Gasteiger partial charge in [-0.25, -0.2) is 0 Å². The highest BCUT2D eigenvalue weighted by atomic mass is 35.5. The molecule has 1 amide bonds. The van der Waals surface area contributed by atoms with E-state index in [0.29, 0.717) is 11.3 Å². The number of hydrogen-bond donors (Lipinski definition) is 2. The molecule has 0 aliphatic carbocycles. The van der Waals surface area contributed by atoms with Gasteiger partial charge in [-0.15, -0.1) is 12.4 Å². The maximum absolute atomic E-state index is 12.0. The third-order valence-corrected chi connectivity index (χ3v) is 2.98. The molecule has 110 valence electrons. The van der Waals surface area contributed by atoms with Crippen molar-refractivity contribution in [3.05, 3.63) is 41.1 Å². The van der Waals surface area contributed by atoms with Crippen molar-refractivity contribution < 1.29 is 9.21 Å². The van der Waals surface area contributed by atoms with Crippen LogP contribution >= 0.6 is 12.4 Å². The van der Waals surface area contributed by atoms with E-state index in [9.17, 15) is 4.79 Å². The fourth-order valence-electron chi connectivity index (χ4n) is 2.01. The van der Waals surface area contributed by atoms with Crippen LogP contribution in [0.5, 0.6) is 0 Å². The van der Waals surface area contributed by atoms with Gasteiger partial charge >= 0.3 is 0 Å². The molecule has 2 heterocycles. The van der Waals surface area contributed by atoms with Gasteiger partial charge < -0.3 is 15.5 Å². The lowest BCUT2D eigenvalue weighted by Gasteiger charge is -2.12. The van der Waals surface area contributed by atoms with Gasteiger partial charge in [-0.2, -0.15) is 5.10 Å². The molecule has 20 heavy (non-hydrogen) atoms. The highest BCUT2D eigenvalue weighted by molar-refractivity contribution is 5.94. The Morgan fingerprint density at radius 1 is 1.60 bits per heavy atom. The van der Waals surface area contributed by atoms with Crippen LogP contribution in [0.1, 0.15) is 40.3 Å². The lowest BCUT2D eigenvalue weighted by Crippen LogP contribution is -2.26. The summed E-state index contributed by atoms with van der Waals surface area (Å²) in [5.74, 6) is 0.412. The second-order valence-electron chi connectivity index (χ2n) is 4.54. The van der Waals surface area contributed by atoms with Gasteiger partial charge in [-0.05, 0) is 19.9 Å². The van der Waals surface area contributed by atoms with Crippen molar-refractivity contribution in [2.45, 2.75) is 26.4 Å². The summed E-state index contributed by atoms with van der Waals surface area (Å²) in [6, 6.07) is 1.54. The van der Waals surface area contributed by atoms with Crippen molar-refractivity contribution in [2.75, 3.05) is 0 Å². The molecule has 1 unspecified atom stereocenters. The molecule has 2 rings (SSSR count). The Hall–Kier alpha value is -1.79. The predicted octanol–water partition coefficient (Wildman–Crippen LogP) is 1.69. The number of aryl methyl sites for hydroxylation is 2. The minimum absolute atomic E-state index is 0. The highest BCUT2D eigenvalue weighted by Gasteiger charge is 2.16. The Labute approximate surface area is 123 Å². The molecule has 0 aliphatic heterocycles. The van der Waals surface area contributed by atoms with Crippen LogP contribution in [-0.4, -0.2) is 15.7 Å². The number of carbonyl (C=O) groups excluding carboxylic acids is 1. The van der Waals surface area contributed by atoms with Crippen LogP contribution in [0.2, 0.25) is 0 Å². The Morgan fingerprint density at radius 2 is 2.30 bits per heavy atom. The molecule has 1 atom stereocenters. The van der Waals surface area contributed by atoms with E-state index in [-0.39, 0.29) is 30.9 Å². The molecule has 0 aliphatic rings. The van der Waals surface area contributed by atoms with Crippen LogP contribution < -0.4 is 11.1 Å². The maximum Gasteiger partial charge on any atom is 0.255 e. The number of amides is 1. The third kappa shape index (κ3) is 3.40. The second-order valence-corrected chi connectivity index (χ2v) is 4.54. The van der Waals surface area contributed by atoms with Crippen LogP contribution in [0.4, 0.5) is 0 Å². The summed E-state index contributed by atoms with van der Waals surface area (Å²) >= 11 is 0. The van der Waals surface area contributed by atoms with Gasteiger partial charge in [-0.1, -0.05) is 0 Å². The zero-order valence-corrected chi connectivity index (χ0v) is 12.5. The minimum atomic E-state index is -0.181. The van der Waals surface area contributed by atoms with Crippen LogP contribution in [-0.2, 0) is 13.6 Å². The van der Waals surface area contributed by atoms with Crippen LogP contribution in [0.15, 0.2) is 22.9 Å². The van der Waals surface area contributed by atoms with Gasteiger partial charge in [-0.3, -0.25) is 9.48 Å². The molecule has 6 nitrogen and oxygen atoms in total. The van der Waals surface area contributed by atoms with E-state index in [2.05, 4.69) is 10.4 Å². The second kappa shape index (κ2) is 6.58. The van der Waals surface area contributed by atoms with E-state index >= 15 is 0 Å². The van der Waals surface area contributed by atoms with Crippen LogP contribution in [0.3, 0.4) is 0 Å². The van der Waals surface area contributed by atoms with Crippen molar-refractivity contribution in [3.8, 4) is 0 Å². The van der Waals surface area contributed by atoms with Crippen molar-refractivity contribution in [3.63, 3.8) is 0 Å². The fourth-order valence-corrected chi connectivity index (χ4v) is 2.01. The van der Waals surface area contributed by atoms with Gasteiger partial charge in [0, 0.05) is 18.8 Å². The molecule has 2 aromatic rings. The molecule has 7 heteroatoms. The van der Waals surface area contributed by atoms with Gasteiger partial charge in [0.25, 0.3) is 5.91 Å². The average molecular weight is 299 g/mol. The van der Waals surface area contributed by atoms with E-state index in [1.807, 2.05) is 27.1 Å². The number of hydrogen-bond acceptors (Lipinski definition) is 4. The third-order valence-electron chi connectivity index (χ3n) is 2.98. The number of nitrogens with two attached hydrogens (primary N) is 1. The fraction of sp³-hybridized carbons (Fsp3) is 0.385. The summed E-state index contributed by atoms with van der Waals surface area (Å²) in [5.41, 5.74) is 7.83. The molecule has 3 N–H and O–H groups in total. The van der Waals surface area contributed by atoms with Crippen LogP contribution in [0, 0.1) is 6.92 Å². The molecule has 0 aromatic carbocycles. The molecular weight excluding hydrogens is 280 g/mol. The van der Waals surface area contributed by atoms with Crippen molar-refractivity contribution >= 4 is 18.3 Å². The van der Waals surface area contributed by atoms with Gasteiger partial charge in [0.15, 0.2) is 0 Å². The first-order valence-electron chi connectivity index (χ1n) is 6.09.